The molecule has 0 bridgehead atoms. The second-order valence-electron chi connectivity index (χ2n) is 4.30. The second-order valence-corrected chi connectivity index (χ2v) is 6.65. The maximum atomic E-state index is 5.74. The number of alkyl halides is 1. The Balaban J connectivity index is 1.82. The van der Waals surface area contributed by atoms with Crippen molar-refractivity contribution in [2.45, 2.75) is 11.2 Å². The van der Waals surface area contributed by atoms with Gasteiger partial charge < -0.3 is 4.42 Å². The number of nitrogens with zero attached hydrogens (tertiary/aromatic N) is 1. The Labute approximate surface area is 133 Å². The lowest BCUT2D eigenvalue weighted by Crippen LogP contribution is -1.95. The van der Waals surface area contributed by atoms with E-state index in [2.05, 4.69) is 67.8 Å². The summed E-state index contributed by atoms with van der Waals surface area (Å²) in [5, 5.41) is 0. The summed E-state index contributed by atoms with van der Waals surface area (Å²) in [4.78, 5) is 4.72. The number of aromatic nitrogens is 1. The molecule has 1 atom stereocenters. The Hall–Kier alpha value is -0.880. The van der Waals surface area contributed by atoms with Gasteiger partial charge in [-0.1, -0.05) is 40.2 Å². The smallest absolute Gasteiger partial charge is 0.196 e. The number of halogens is 2. The topological polar surface area (TPSA) is 26.0 Å². The van der Waals surface area contributed by atoms with Crippen molar-refractivity contribution >= 4 is 49.6 Å². The van der Waals surface area contributed by atoms with Crippen molar-refractivity contribution in [3.63, 3.8) is 0 Å². The molecule has 2 aromatic carbocycles. The van der Waals surface area contributed by atoms with Gasteiger partial charge in [0.25, 0.3) is 0 Å². The first-order valence-electron chi connectivity index (χ1n) is 5.96. The summed E-state index contributed by atoms with van der Waals surface area (Å²) in [5.41, 5.74) is 3.00. The molecule has 0 amide bonds. The molecule has 0 saturated carbocycles. The van der Waals surface area contributed by atoms with Crippen LogP contribution in [0.3, 0.4) is 0 Å². The summed E-state index contributed by atoms with van der Waals surface area (Å²) < 4.78 is 6.98. The molecule has 0 saturated heterocycles. The number of oxazole rings is 1. The first-order chi connectivity index (χ1) is 9.22. The Morgan fingerprint density at radius 1 is 1.11 bits per heavy atom. The molecule has 0 aliphatic carbocycles. The Bertz CT molecular complexity index is 660. The van der Waals surface area contributed by atoms with Crippen molar-refractivity contribution in [2.75, 3.05) is 0 Å². The third-order valence-electron chi connectivity index (χ3n) is 2.92. The Morgan fingerprint density at radius 2 is 1.84 bits per heavy atom. The molecular formula is C15H11BrINO. The summed E-state index contributed by atoms with van der Waals surface area (Å²) in [6.45, 7) is 0. The monoisotopic (exact) mass is 427 g/mol. The number of hydrogen-bond acceptors (Lipinski definition) is 2. The van der Waals surface area contributed by atoms with Crippen LogP contribution < -0.4 is 0 Å². The Kier molecular flexibility index (Phi) is 3.88. The van der Waals surface area contributed by atoms with E-state index in [1.54, 1.807) is 0 Å². The van der Waals surface area contributed by atoms with E-state index in [4.69, 9.17) is 4.42 Å². The third kappa shape index (κ3) is 3.00. The minimum atomic E-state index is 0.220. The lowest BCUT2D eigenvalue weighted by atomic mass is 10.1. The zero-order valence-electron chi connectivity index (χ0n) is 10.0. The summed E-state index contributed by atoms with van der Waals surface area (Å²) in [5.74, 6) is 0.765. The van der Waals surface area contributed by atoms with Crippen molar-refractivity contribution in [1.29, 1.82) is 0 Å². The normalized spacial score (nSPS) is 12.7. The number of hydrogen-bond donors (Lipinski definition) is 0. The minimum Gasteiger partial charge on any atom is -0.441 e. The molecule has 0 N–H and O–H groups in total. The molecule has 4 heteroatoms. The van der Waals surface area contributed by atoms with Crippen LogP contribution in [0.1, 0.15) is 16.3 Å². The highest BCUT2D eigenvalue weighted by Crippen LogP contribution is 2.28. The largest absolute Gasteiger partial charge is 0.441 e. The quantitative estimate of drug-likeness (QED) is 0.428. The second kappa shape index (κ2) is 5.63. The van der Waals surface area contributed by atoms with Gasteiger partial charge in [0.2, 0.25) is 0 Å². The molecule has 2 nitrogen and oxygen atoms in total. The van der Waals surface area contributed by atoms with Gasteiger partial charge in [0, 0.05) is 14.8 Å². The highest BCUT2D eigenvalue weighted by atomic mass is 127. The van der Waals surface area contributed by atoms with Crippen molar-refractivity contribution in [1.82, 2.24) is 4.98 Å². The van der Waals surface area contributed by atoms with E-state index >= 15 is 0 Å². The SMILES string of the molecule is BrC(Cc1nc2ccccc2o1)c1ccc(I)cc1. The zero-order chi connectivity index (χ0) is 13.2. The van der Waals surface area contributed by atoms with Crippen molar-refractivity contribution in [2.24, 2.45) is 0 Å². The van der Waals surface area contributed by atoms with Crippen molar-refractivity contribution in [3.05, 3.63) is 63.6 Å². The summed E-state index contributed by atoms with van der Waals surface area (Å²) in [6, 6.07) is 16.3. The van der Waals surface area contributed by atoms with E-state index < -0.39 is 0 Å². The van der Waals surface area contributed by atoms with Gasteiger partial charge in [0.15, 0.2) is 11.5 Å². The molecule has 1 heterocycles. The zero-order valence-corrected chi connectivity index (χ0v) is 13.8. The molecule has 1 unspecified atom stereocenters. The molecule has 19 heavy (non-hydrogen) atoms. The molecule has 0 aliphatic rings. The maximum absolute atomic E-state index is 5.74. The minimum absolute atomic E-state index is 0.220. The molecule has 96 valence electrons. The van der Waals surface area contributed by atoms with Crippen LogP contribution in [0, 0.1) is 3.57 Å². The molecule has 1 aromatic heterocycles. The van der Waals surface area contributed by atoms with Crippen LogP contribution in [-0.2, 0) is 6.42 Å². The van der Waals surface area contributed by atoms with Crippen LogP contribution in [-0.4, -0.2) is 4.98 Å². The summed E-state index contributed by atoms with van der Waals surface area (Å²) in [6.07, 6.45) is 0.745. The van der Waals surface area contributed by atoms with E-state index in [-0.39, 0.29) is 4.83 Å². The maximum Gasteiger partial charge on any atom is 0.196 e. The Morgan fingerprint density at radius 3 is 2.58 bits per heavy atom. The van der Waals surface area contributed by atoms with Gasteiger partial charge in [0.1, 0.15) is 5.52 Å². The van der Waals surface area contributed by atoms with Crippen LogP contribution in [0.4, 0.5) is 0 Å². The molecule has 0 fully saturated rings. The number of rotatable bonds is 3. The van der Waals surface area contributed by atoms with E-state index in [1.807, 2.05) is 24.3 Å². The van der Waals surface area contributed by atoms with Gasteiger partial charge >= 0.3 is 0 Å². The molecule has 3 aromatic rings. The van der Waals surface area contributed by atoms with E-state index in [0.29, 0.717) is 0 Å². The molecule has 0 aliphatic heterocycles. The molecule has 3 rings (SSSR count). The lowest BCUT2D eigenvalue weighted by molar-refractivity contribution is 0.527. The van der Waals surface area contributed by atoms with Gasteiger partial charge in [-0.2, -0.15) is 0 Å². The predicted molar refractivity (Wildman–Crippen MR) is 88.5 cm³/mol. The number of benzene rings is 2. The standard InChI is InChI=1S/C15H11BrINO/c16-12(10-5-7-11(17)8-6-10)9-15-18-13-3-1-2-4-14(13)19-15/h1-8,12H,9H2. The number of fused-ring (bicyclic) bond motifs is 1. The molecule has 0 radical (unpaired) electrons. The fourth-order valence-corrected chi connectivity index (χ4v) is 2.89. The van der Waals surface area contributed by atoms with Crippen molar-refractivity contribution < 1.29 is 4.42 Å². The highest BCUT2D eigenvalue weighted by Gasteiger charge is 2.13. The van der Waals surface area contributed by atoms with E-state index in [0.717, 1.165) is 23.4 Å². The van der Waals surface area contributed by atoms with Crippen LogP contribution in [0.2, 0.25) is 0 Å². The first kappa shape index (κ1) is 13.1. The van der Waals surface area contributed by atoms with Gasteiger partial charge in [-0.3, -0.25) is 0 Å². The average Bonchev–Trinajstić information content (AvgIpc) is 2.81. The highest BCUT2D eigenvalue weighted by molar-refractivity contribution is 14.1. The van der Waals surface area contributed by atoms with Crippen LogP contribution in [0.5, 0.6) is 0 Å². The average molecular weight is 428 g/mol. The van der Waals surface area contributed by atoms with E-state index in [9.17, 15) is 0 Å². The van der Waals surface area contributed by atoms with Gasteiger partial charge in [-0.25, -0.2) is 4.98 Å². The van der Waals surface area contributed by atoms with Gasteiger partial charge in [0.05, 0.1) is 0 Å². The van der Waals surface area contributed by atoms with Crippen molar-refractivity contribution in [3.8, 4) is 0 Å². The van der Waals surface area contributed by atoms with Crippen LogP contribution in [0.15, 0.2) is 52.9 Å². The summed E-state index contributed by atoms with van der Waals surface area (Å²) in [7, 11) is 0. The van der Waals surface area contributed by atoms with Gasteiger partial charge in [-0.05, 0) is 52.4 Å². The fraction of sp³-hybridized carbons (Fsp3) is 0.133. The third-order valence-corrected chi connectivity index (χ3v) is 4.50. The van der Waals surface area contributed by atoms with E-state index in [1.165, 1.54) is 9.13 Å². The van der Waals surface area contributed by atoms with Crippen LogP contribution >= 0.6 is 38.5 Å². The lowest BCUT2D eigenvalue weighted by Gasteiger charge is -2.07. The first-order valence-corrected chi connectivity index (χ1v) is 7.96. The summed E-state index contributed by atoms with van der Waals surface area (Å²) >= 11 is 6.01. The fourth-order valence-electron chi connectivity index (χ4n) is 1.95. The molecular weight excluding hydrogens is 417 g/mol. The van der Waals surface area contributed by atoms with Gasteiger partial charge in [-0.15, -0.1) is 0 Å². The predicted octanol–water partition coefficient (Wildman–Crippen LogP) is 5.11. The van der Waals surface area contributed by atoms with Crippen LogP contribution in [0.25, 0.3) is 11.1 Å². The number of para-hydroxylation sites is 2. The molecule has 0 spiro atoms.